The second-order valence-corrected chi connectivity index (χ2v) is 5.02. The van der Waals surface area contributed by atoms with Gasteiger partial charge in [-0.05, 0) is 33.4 Å². The molecule has 1 aliphatic rings. The predicted molar refractivity (Wildman–Crippen MR) is 69.3 cm³/mol. The number of carbonyl (C=O) groups excluding carboxylic acids is 1. The molecule has 0 spiro atoms. The third-order valence-corrected chi connectivity index (χ3v) is 3.51. The third-order valence-electron chi connectivity index (χ3n) is 3.51. The molecule has 100 valence electrons. The molecular weight excluding hydrogens is 216 g/mol. The number of likely N-dealkylation sites (N-methyl/N-ethyl adjacent to an activating group) is 1. The van der Waals surface area contributed by atoms with Crippen molar-refractivity contribution in [2.45, 2.75) is 45.2 Å². The molecule has 0 aliphatic carbocycles. The van der Waals surface area contributed by atoms with Crippen LogP contribution >= 0.6 is 0 Å². The van der Waals surface area contributed by atoms with Gasteiger partial charge in [0, 0.05) is 19.1 Å². The molecule has 0 radical (unpaired) electrons. The summed E-state index contributed by atoms with van der Waals surface area (Å²) in [6.45, 7) is 7.38. The van der Waals surface area contributed by atoms with E-state index in [-0.39, 0.29) is 11.9 Å². The molecule has 0 aromatic rings. The van der Waals surface area contributed by atoms with Gasteiger partial charge in [0.05, 0.1) is 6.04 Å². The van der Waals surface area contributed by atoms with Crippen LogP contribution < -0.4 is 11.3 Å². The Balaban J connectivity index is 2.73. The monoisotopic (exact) mass is 242 g/mol. The molecule has 0 bridgehead atoms. The minimum atomic E-state index is -0.0773. The number of hydrogen-bond donors (Lipinski definition) is 2. The normalized spacial score (nSPS) is 25.3. The molecule has 0 aromatic heterocycles. The van der Waals surface area contributed by atoms with Gasteiger partial charge < -0.3 is 4.90 Å². The van der Waals surface area contributed by atoms with E-state index in [4.69, 9.17) is 5.84 Å². The van der Waals surface area contributed by atoms with Crippen molar-refractivity contribution in [3.63, 3.8) is 0 Å². The van der Waals surface area contributed by atoms with E-state index in [1.54, 1.807) is 0 Å². The number of rotatable bonds is 4. The number of hydrogen-bond acceptors (Lipinski definition) is 4. The van der Waals surface area contributed by atoms with Gasteiger partial charge >= 0.3 is 0 Å². The van der Waals surface area contributed by atoms with Crippen molar-refractivity contribution >= 4 is 5.91 Å². The predicted octanol–water partition coefficient (Wildman–Crippen LogP) is 0.171. The summed E-state index contributed by atoms with van der Waals surface area (Å²) in [5, 5.41) is 0. The lowest BCUT2D eigenvalue weighted by molar-refractivity contribution is -0.127. The first-order valence-corrected chi connectivity index (χ1v) is 6.54. The molecule has 1 fully saturated rings. The van der Waals surface area contributed by atoms with Gasteiger partial charge in [0.2, 0.25) is 0 Å². The molecule has 5 nitrogen and oxygen atoms in total. The van der Waals surface area contributed by atoms with E-state index in [1.165, 1.54) is 0 Å². The molecule has 1 saturated heterocycles. The summed E-state index contributed by atoms with van der Waals surface area (Å²) in [4.78, 5) is 16.5. The number of nitrogens with two attached hydrogens (primary N) is 1. The van der Waals surface area contributed by atoms with Crippen LogP contribution in [-0.4, -0.2) is 54.5 Å². The van der Waals surface area contributed by atoms with E-state index in [0.717, 1.165) is 38.9 Å². The molecule has 1 rings (SSSR count). The van der Waals surface area contributed by atoms with Gasteiger partial charge in [-0.1, -0.05) is 13.3 Å². The fourth-order valence-electron chi connectivity index (χ4n) is 2.67. The summed E-state index contributed by atoms with van der Waals surface area (Å²) < 4.78 is 0. The number of nitrogens with one attached hydrogen (secondary N) is 1. The SMILES string of the molecule is CCCC(C(=O)NN)N1CCCN(C)CC1C. The van der Waals surface area contributed by atoms with Gasteiger partial charge in [-0.15, -0.1) is 0 Å². The van der Waals surface area contributed by atoms with Crippen molar-refractivity contribution in [1.29, 1.82) is 0 Å². The Morgan fingerprint density at radius 3 is 2.82 bits per heavy atom. The van der Waals surface area contributed by atoms with Crippen LogP contribution in [0.4, 0.5) is 0 Å². The van der Waals surface area contributed by atoms with Gasteiger partial charge in [0.25, 0.3) is 5.91 Å². The summed E-state index contributed by atoms with van der Waals surface area (Å²) in [5.74, 6) is 5.23. The molecule has 3 N–H and O–H groups in total. The van der Waals surface area contributed by atoms with E-state index in [2.05, 4.69) is 36.1 Å². The summed E-state index contributed by atoms with van der Waals surface area (Å²) >= 11 is 0. The van der Waals surface area contributed by atoms with E-state index >= 15 is 0 Å². The number of nitrogens with zero attached hydrogens (tertiary/aromatic N) is 2. The molecule has 0 aromatic carbocycles. The van der Waals surface area contributed by atoms with Gasteiger partial charge in [0.1, 0.15) is 0 Å². The first kappa shape index (κ1) is 14.4. The van der Waals surface area contributed by atoms with E-state index in [0.29, 0.717) is 6.04 Å². The summed E-state index contributed by atoms with van der Waals surface area (Å²) in [6, 6.07) is 0.322. The van der Waals surface area contributed by atoms with Gasteiger partial charge in [-0.3, -0.25) is 15.1 Å². The molecule has 1 aliphatic heterocycles. The Bertz CT molecular complexity index is 247. The van der Waals surface area contributed by atoms with E-state index in [1.807, 2.05) is 0 Å². The Kier molecular flexibility index (Phi) is 5.88. The zero-order valence-corrected chi connectivity index (χ0v) is 11.3. The fourth-order valence-corrected chi connectivity index (χ4v) is 2.67. The fraction of sp³-hybridized carbons (Fsp3) is 0.917. The Morgan fingerprint density at radius 1 is 1.53 bits per heavy atom. The summed E-state index contributed by atoms with van der Waals surface area (Å²) in [7, 11) is 2.14. The second kappa shape index (κ2) is 6.93. The average molecular weight is 242 g/mol. The maximum atomic E-state index is 11.8. The lowest BCUT2D eigenvalue weighted by Gasteiger charge is -2.34. The van der Waals surface area contributed by atoms with Gasteiger partial charge in [-0.2, -0.15) is 0 Å². The smallest absolute Gasteiger partial charge is 0.251 e. The van der Waals surface area contributed by atoms with Crippen molar-refractivity contribution in [3.05, 3.63) is 0 Å². The third kappa shape index (κ3) is 3.94. The van der Waals surface area contributed by atoms with Crippen LogP contribution in [0, 0.1) is 0 Å². The first-order chi connectivity index (χ1) is 8.10. The van der Waals surface area contributed by atoms with Crippen LogP contribution in [0.25, 0.3) is 0 Å². The lowest BCUT2D eigenvalue weighted by Crippen LogP contribution is -2.53. The Hall–Kier alpha value is -0.650. The minimum absolute atomic E-state index is 0.0525. The number of amides is 1. The van der Waals surface area contributed by atoms with Crippen molar-refractivity contribution in [1.82, 2.24) is 15.2 Å². The summed E-state index contributed by atoms with van der Waals surface area (Å²) in [5.41, 5.74) is 2.31. The zero-order chi connectivity index (χ0) is 12.8. The molecule has 0 saturated carbocycles. The highest BCUT2D eigenvalue weighted by Crippen LogP contribution is 2.16. The number of carbonyl (C=O) groups is 1. The van der Waals surface area contributed by atoms with Crippen LogP contribution in [0.2, 0.25) is 0 Å². The van der Waals surface area contributed by atoms with Crippen molar-refractivity contribution in [2.75, 3.05) is 26.7 Å². The van der Waals surface area contributed by atoms with Crippen LogP contribution in [0.5, 0.6) is 0 Å². The standard InChI is InChI=1S/C12H26N4O/c1-4-6-11(12(17)14-13)16-8-5-7-15(3)9-10(16)2/h10-11H,4-9,13H2,1-3H3,(H,14,17). The quantitative estimate of drug-likeness (QED) is 0.419. The molecule has 5 heteroatoms. The van der Waals surface area contributed by atoms with Crippen molar-refractivity contribution < 1.29 is 4.79 Å². The molecule has 17 heavy (non-hydrogen) atoms. The molecular formula is C12H26N4O. The minimum Gasteiger partial charge on any atom is -0.305 e. The average Bonchev–Trinajstić information content (AvgIpc) is 2.46. The van der Waals surface area contributed by atoms with Crippen molar-refractivity contribution in [2.24, 2.45) is 5.84 Å². The summed E-state index contributed by atoms with van der Waals surface area (Å²) in [6.07, 6.45) is 2.98. The first-order valence-electron chi connectivity index (χ1n) is 6.54. The van der Waals surface area contributed by atoms with Crippen LogP contribution in [-0.2, 0) is 4.79 Å². The van der Waals surface area contributed by atoms with E-state index < -0.39 is 0 Å². The van der Waals surface area contributed by atoms with Gasteiger partial charge in [0.15, 0.2) is 0 Å². The lowest BCUT2D eigenvalue weighted by atomic mass is 10.1. The largest absolute Gasteiger partial charge is 0.305 e. The molecule has 2 unspecified atom stereocenters. The molecule has 1 amide bonds. The maximum Gasteiger partial charge on any atom is 0.251 e. The Morgan fingerprint density at radius 2 is 2.24 bits per heavy atom. The number of hydrazine groups is 1. The van der Waals surface area contributed by atoms with Crippen molar-refractivity contribution in [3.8, 4) is 0 Å². The highest BCUT2D eigenvalue weighted by Gasteiger charge is 2.30. The van der Waals surface area contributed by atoms with Crippen LogP contribution in [0.3, 0.4) is 0 Å². The topological polar surface area (TPSA) is 61.6 Å². The van der Waals surface area contributed by atoms with Crippen LogP contribution in [0.15, 0.2) is 0 Å². The highest BCUT2D eigenvalue weighted by molar-refractivity contribution is 5.81. The van der Waals surface area contributed by atoms with Crippen LogP contribution in [0.1, 0.15) is 33.1 Å². The van der Waals surface area contributed by atoms with Gasteiger partial charge in [-0.25, -0.2) is 5.84 Å². The Labute approximate surface area is 104 Å². The zero-order valence-electron chi connectivity index (χ0n) is 11.3. The maximum absolute atomic E-state index is 11.8. The molecule has 1 heterocycles. The molecule has 2 atom stereocenters. The van der Waals surface area contributed by atoms with E-state index in [9.17, 15) is 4.79 Å². The second-order valence-electron chi connectivity index (χ2n) is 5.02. The highest BCUT2D eigenvalue weighted by atomic mass is 16.2.